The molecule has 1 amide bonds. The van der Waals surface area contributed by atoms with Gasteiger partial charge in [-0.15, -0.1) is 0 Å². The van der Waals surface area contributed by atoms with E-state index in [1.54, 1.807) is 24.3 Å². The third-order valence-electron chi connectivity index (χ3n) is 3.61. The summed E-state index contributed by atoms with van der Waals surface area (Å²) in [5, 5.41) is 20.9. The molecule has 2 rings (SSSR count). The highest BCUT2D eigenvalue weighted by Crippen LogP contribution is 2.29. The summed E-state index contributed by atoms with van der Waals surface area (Å²) in [5.74, 6) is -0.651. The van der Waals surface area contributed by atoms with Crippen molar-refractivity contribution in [2.45, 2.75) is 13.8 Å². The third kappa shape index (κ3) is 5.35. The molecule has 7 nitrogen and oxygen atoms in total. The van der Waals surface area contributed by atoms with E-state index in [9.17, 15) is 14.9 Å². The zero-order valence-corrected chi connectivity index (χ0v) is 15.6. The molecule has 28 heavy (non-hydrogen) atoms. The van der Waals surface area contributed by atoms with Crippen LogP contribution in [-0.2, 0) is 4.79 Å². The number of hydrogen-bond acceptors (Lipinski definition) is 5. The van der Waals surface area contributed by atoms with Crippen LogP contribution in [0.5, 0.6) is 11.5 Å². The minimum atomic E-state index is -1.11. The molecule has 0 saturated carbocycles. The Morgan fingerprint density at radius 2 is 1.82 bits per heavy atom. The van der Waals surface area contributed by atoms with Crippen LogP contribution in [0.1, 0.15) is 29.8 Å². The summed E-state index contributed by atoms with van der Waals surface area (Å²) < 4.78 is 11.0. The van der Waals surface area contributed by atoms with Crippen LogP contribution in [0.2, 0.25) is 0 Å². The Hall–Kier alpha value is -3.79. The number of carboxylic acids is 1. The van der Waals surface area contributed by atoms with Crippen molar-refractivity contribution >= 4 is 23.6 Å². The van der Waals surface area contributed by atoms with Crippen molar-refractivity contribution in [1.29, 1.82) is 5.26 Å². The van der Waals surface area contributed by atoms with Crippen LogP contribution in [0.25, 0.3) is 6.08 Å². The quantitative estimate of drug-likeness (QED) is 0.534. The number of nitriles is 1. The standard InChI is InChI=1S/C21H20N2O5/c1-3-27-18-9-8-14(11-19(18)28-4-2)10-16(13-22)20(24)23-17-7-5-6-15(12-17)21(25)26/h5-12H,3-4H2,1-2H3,(H,23,24)(H,25,26)/b16-10-. The average Bonchev–Trinajstić information content (AvgIpc) is 2.68. The number of rotatable bonds is 8. The molecule has 0 saturated heterocycles. The van der Waals surface area contributed by atoms with E-state index in [1.165, 1.54) is 24.3 Å². The first-order chi connectivity index (χ1) is 13.5. The van der Waals surface area contributed by atoms with Crippen molar-refractivity contribution in [2.75, 3.05) is 18.5 Å². The second kappa shape index (κ2) is 9.78. The van der Waals surface area contributed by atoms with E-state index in [2.05, 4.69) is 5.32 Å². The number of carbonyl (C=O) groups is 2. The molecule has 0 fully saturated rings. The molecule has 2 aromatic rings. The number of nitrogens with zero attached hydrogens (tertiary/aromatic N) is 1. The van der Waals surface area contributed by atoms with Crippen molar-refractivity contribution in [3.63, 3.8) is 0 Å². The van der Waals surface area contributed by atoms with Gasteiger partial charge in [-0.2, -0.15) is 5.26 Å². The molecule has 0 aliphatic heterocycles. The lowest BCUT2D eigenvalue weighted by Gasteiger charge is -2.11. The van der Waals surface area contributed by atoms with Crippen LogP contribution >= 0.6 is 0 Å². The maximum atomic E-state index is 12.4. The number of aromatic carboxylic acids is 1. The number of hydrogen-bond donors (Lipinski definition) is 2. The van der Waals surface area contributed by atoms with Gasteiger partial charge in [0.1, 0.15) is 11.6 Å². The van der Waals surface area contributed by atoms with Gasteiger partial charge < -0.3 is 19.9 Å². The van der Waals surface area contributed by atoms with E-state index in [4.69, 9.17) is 14.6 Å². The van der Waals surface area contributed by atoms with Gasteiger partial charge in [-0.25, -0.2) is 4.79 Å². The van der Waals surface area contributed by atoms with E-state index < -0.39 is 11.9 Å². The summed E-state index contributed by atoms with van der Waals surface area (Å²) >= 11 is 0. The van der Waals surface area contributed by atoms with Gasteiger partial charge in [0.25, 0.3) is 5.91 Å². The Morgan fingerprint density at radius 3 is 2.46 bits per heavy atom. The molecule has 7 heteroatoms. The summed E-state index contributed by atoms with van der Waals surface area (Å²) in [7, 11) is 0. The lowest BCUT2D eigenvalue weighted by Crippen LogP contribution is -2.14. The van der Waals surface area contributed by atoms with Crippen molar-refractivity contribution in [1.82, 2.24) is 0 Å². The zero-order valence-electron chi connectivity index (χ0n) is 15.6. The number of carboxylic acid groups (broad SMARTS) is 1. The van der Waals surface area contributed by atoms with E-state index in [0.29, 0.717) is 30.3 Å². The van der Waals surface area contributed by atoms with Gasteiger partial charge in [-0.05, 0) is 55.8 Å². The minimum absolute atomic E-state index is 0.0353. The van der Waals surface area contributed by atoms with Crippen LogP contribution in [0.15, 0.2) is 48.0 Å². The second-order valence-electron chi connectivity index (χ2n) is 5.58. The van der Waals surface area contributed by atoms with Crippen LogP contribution in [0.3, 0.4) is 0 Å². The first-order valence-corrected chi connectivity index (χ1v) is 8.64. The number of anilines is 1. The highest BCUT2D eigenvalue weighted by atomic mass is 16.5. The van der Waals surface area contributed by atoms with Gasteiger partial charge in [-0.1, -0.05) is 12.1 Å². The topological polar surface area (TPSA) is 109 Å². The maximum absolute atomic E-state index is 12.4. The maximum Gasteiger partial charge on any atom is 0.335 e. The molecule has 0 radical (unpaired) electrons. The Morgan fingerprint density at radius 1 is 1.11 bits per heavy atom. The molecule has 0 atom stereocenters. The lowest BCUT2D eigenvalue weighted by atomic mass is 10.1. The van der Waals surface area contributed by atoms with Gasteiger partial charge in [0, 0.05) is 5.69 Å². The zero-order chi connectivity index (χ0) is 20.5. The molecular weight excluding hydrogens is 360 g/mol. The lowest BCUT2D eigenvalue weighted by molar-refractivity contribution is -0.112. The Balaban J connectivity index is 2.26. The minimum Gasteiger partial charge on any atom is -0.490 e. The molecule has 0 aromatic heterocycles. The molecule has 0 spiro atoms. The Kier molecular flexibility index (Phi) is 7.17. The van der Waals surface area contributed by atoms with E-state index in [-0.39, 0.29) is 16.8 Å². The van der Waals surface area contributed by atoms with E-state index >= 15 is 0 Å². The fraction of sp³-hybridized carbons (Fsp3) is 0.190. The molecule has 0 aliphatic carbocycles. The molecule has 0 bridgehead atoms. The molecule has 0 unspecified atom stereocenters. The predicted octanol–water partition coefficient (Wildman–Crippen LogP) is 3.73. The van der Waals surface area contributed by atoms with Gasteiger partial charge in [0.05, 0.1) is 18.8 Å². The predicted molar refractivity (Wildman–Crippen MR) is 104 cm³/mol. The molecule has 2 N–H and O–H groups in total. The number of nitrogens with one attached hydrogen (secondary N) is 1. The SMILES string of the molecule is CCOc1ccc(/C=C(/C#N)C(=O)Nc2cccc(C(=O)O)c2)cc1OCC. The summed E-state index contributed by atoms with van der Waals surface area (Å²) in [5.41, 5.74) is 0.783. The first-order valence-electron chi connectivity index (χ1n) is 8.64. The fourth-order valence-electron chi connectivity index (χ4n) is 2.40. The van der Waals surface area contributed by atoms with E-state index in [0.717, 1.165) is 0 Å². The normalized spacial score (nSPS) is 10.7. The number of amides is 1. The summed E-state index contributed by atoms with van der Waals surface area (Å²) in [4.78, 5) is 23.4. The van der Waals surface area contributed by atoms with Crippen LogP contribution in [0, 0.1) is 11.3 Å². The monoisotopic (exact) mass is 380 g/mol. The number of ether oxygens (including phenoxy) is 2. The molecule has 2 aromatic carbocycles. The van der Waals surface area contributed by atoms with Crippen LogP contribution < -0.4 is 14.8 Å². The van der Waals surface area contributed by atoms with Crippen LogP contribution in [0.4, 0.5) is 5.69 Å². The van der Waals surface area contributed by atoms with Crippen molar-refractivity contribution < 1.29 is 24.2 Å². The molecule has 0 aliphatic rings. The van der Waals surface area contributed by atoms with Crippen molar-refractivity contribution in [2.24, 2.45) is 0 Å². The highest BCUT2D eigenvalue weighted by molar-refractivity contribution is 6.10. The van der Waals surface area contributed by atoms with Gasteiger partial charge >= 0.3 is 5.97 Å². The van der Waals surface area contributed by atoms with Crippen molar-refractivity contribution in [3.05, 3.63) is 59.2 Å². The van der Waals surface area contributed by atoms with Crippen LogP contribution in [-0.4, -0.2) is 30.2 Å². The third-order valence-corrected chi connectivity index (χ3v) is 3.61. The highest BCUT2D eigenvalue weighted by Gasteiger charge is 2.12. The summed E-state index contributed by atoms with van der Waals surface area (Å²) in [6, 6.07) is 12.8. The Bertz CT molecular complexity index is 944. The summed E-state index contributed by atoms with van der Waals surface area (Å²) in [6.07, 6.45) is 1.43. The Labute approximate surface area is 162 Å². The molecular formula is C21H20N2O5. The van der Waals surface area contributed by atoms with E-state index in [1.807, 2.05) is 19.9 Å². The number of carbonyl (C=O) groups excluding carboxylic acids is 1. The van der Waals surface area contributed by atoms with Gasteiger partial charge in [-0.3, -0.25) is 4.79 Å². The van der Waals surface area contributed by atoms with Gasteiger partial charge in [0.15, 0.2) is 11.5 Å². The largest absolute Gasteiger partial charge is 0.490 e. The summed E-state index contributed by atoms with van der Waals surface area (Å²) in [6.45, 7) is 4.63. The van der Waals surface area contributed by atoms with Crippen molar-refractivity contribution in [3.8, 4) is 17.6 Å². The number of benzene rings is 2. The smallest absolute Gasteiger partial charge is 0.335 e. The molecule has 0 heterocycles. The molecule has 144 valence electrons. The average molecular weight is 380 g/mol. The first kappa shape index (κ1) is 20.5. The second-order valence-corrected chi connectivity index (χ2v) is 5.58. The fourth-order valence-corrected chi connectivity index (χ4v) is 2.40. The van der Waals surface area contributed by atoms with Gasteiger partial charge in [0.2, 0.25) is 0 Å².